The topological polar surface area (TPSA) is 46.5 Å². The van der Waals surface area contributed by atoms with Crippen LogP contribution in [0.1, 0.15) is 43.2 Å². The molecule has 4 heteroatoms. The SMILES string of the molecule is O=S1C2CCCC1CC(O)(c1cccc(OCc3ccccc3)c1)C2. The van der Waals surface area contributed by atoms with E-state index in [1.54, 1.807) is 0 Å². The van der Waals surface area contributed by atoms with E-state index in [1.807, 2.05) is 54.6 Å². The minimum atomic E-state index is -0.879. The quantitative estimate of drug-likeness (QED) is 0.903. The van der Waals surface area contributed by atoms with Crippen molar-refractivity contribution in [1.82, 2.24) is 0 Å². The lowest BCUT2D eigenvalue weighted by molar-refractivity contribution is 0.00631. The van der Waals surface area contributed by atoms with E-state index in [-0.39, 0.29) is 10.5 Å². The van der Waals surface area contributed by atoms with Gasteiger partial charge in [-0.3, -0.25) is 4.21 Å². The van der Waals surface area contributed by atoms with Gasteiger partial charge in [-0.2, -0.15) is 0 Å². The van der Waals surface area contributed by atoms with Gasteiger partial charge in [0.25, 0.3) is 0 Å². The zero-order valence-corrected chi connectivity index (χ0v) is 15.1. The van der Waals surface area contributed by atoms with Gasteiger partial charge in [0.2, 0.25) is 0 Å². The molecule has 2 aromatic carbocycles. The highest BCUT2D eigenvalue weighted by atomic mass is 32.2. The minimum Gasteiger partial charge on any atom is -0.489 e. The van der Waals surface area contributed by atoms with Crippen molar-refractivity contribution in [3.05, 3.63) is 65.7 Å². The van der Waals surface area contributed by atoms with Crippen molar-refractivity contribution in [2.24, 2.45) is 0 Å². The van der Waals surface area contributed by atoms with Crippen molar-refractivity contribution in [3.8, 4) is 5.75 Å². The molecule has 2 saturated heterocycles. The number of ether oxygens (including phenoxy) is 1. The number of aliphatic hydroxyl groups is 1. The first-order chi connectivity index (χ1) is 12.1. The van der Waals surface area contributed by atoms with Gasteiger partial charge in [0.05, 0.1) is 5.60 Å². The third-order valence-corrected chi connectivity index (χ3v) is 7.58. The van der Waals surface area contributed by atoms with E-state index in [9.17, 15) is 9.32 Å². The van der Waals surface area contributed by atoms with E-state index in [0.29, 0.717) is 19.4 Å². The van der Waals surface area contributed by atoms with Crippen molar-refractivity contribution >= 4 is 10.8 Å². The average Bonchev–Trinajstić information content (AvgIpc) is 2.63. The lowest BCUT2D eigenvalue weighted by Crippen LogP contribution is -2.47. The Morgan fingerprint density at radius 3 is 2.48 bits per heavy atom. The second-order valence-corrected chi connectivity index (χ2v) is 9.24. The van der Waals surface area contributed by atoms with E-state index in [1.165, 1.54) is 0 Å². The van der Waals surface area contributed by atoms with Crippen LogP contribution in [0.2, 0.25) is 0 Å². The molecular formula is C21H24O3S. The highest BCUT2D eigenvalue weighted by Crippen LogP contribution is 2.44. The summed E-state index contributed by atoms with van der Waals surface area (Å²) in [6.45, 7) is 0.512. The van der Waals surface area contributed by atoms with Crippen molar-refractivity contribution in [2.45, 2.75) is 54.8 Å². The van der Waals surface area contributed by atoms with E-state index >= 15 is 0 Å². The van der Waals surface area contributed by atoms with Gasteiger partial charge in [-0.15, -0.1) is 0 Å². The predicted octanol–water partition coefficient (Wildman–Crippen LogP) is 3.92. The molecule has 2 unspecified atom stereocenters. The van der Waals surface area contributed by atoms with Crippen LogP contribution in [0.4, 0.5) is 0 Å². The van der Waals surface area contributed by atoms with Gasteiger partial charge in [0, 0.05) is 21.3 Å². The van der Waals surface area contributed by atoms with Crippen LogP contribution < -0.4 is 4.74 Å². The van der Waals surface area contributed by atoms with Crippen LogP contribution in [0.3, 0.4) is 0 Å². The zero-order chi connectivity index (χ0) is 17.3. The molecule has 3 nitrogen and oxygen atoms in total. The Morgan fingerprint density at radius 2 is 1.76 bits per heavy atom. The molecule has 0 spiro atoms. The van der Waals surface area contributed by atoms with Gasteiger partial charge < -0.3 is 9.84 Å². The average molecular weight is 356 g/mol. The fourth-order valence-electron chi connectivity index (χ4n) is 4.13. The van der Waals surface area contributed by atoms with Gasteiger partial charge in [0.15, 0.2) is 0 Å². The summed E-state index contributed by atoms with van der Waals surface area (Å²) in [5, 5.41) is 11.5. The van der Waals surface area contributed by atoms with Crippen LogP contribution in [0.25, 0.3) is 0 Å². The maximum absolute atomic E-state index is 12.4. The van der Waals surface area contributed by atoms with Gasteiger partial charge >= 0.3 is 0 Å². The standard InChI is InChI=1S/C21H24O3S/c22-21(13-19-10-5-11-20(14-21)25(19)23)17-8-4-9-18(12-17)24-15-16-6-2-1-3-7-16/h1-4,6-9,12,19-20,22H,5,10-11,13-15H2. The van der Waals surface area contributed by atoms with E-state index in [0.717, 1.165) is 36.1 Å². The molecule has 2 fully saturated rings. The van der Waals surface area contributed by atoms with Crippen LogP contribution in [0, 0.1) is 0 Å². The Bertz CT molecular complexity index is 743. The van der Waals surface area contributed by atoms with Gasteiger partial charge in [-0.05, 0) is 48.9 Å². The summed E-state index contributed by atoms with van der Waals surface area (Å²) in [5.74, 6) is 0.770. The molecule has 2 aliphatic heterocycles. The van der Waals surface area contributed by atoms with Crippen LogP contribution >= 0.6 is 0 Å². The molecule has 2 heterocycles. The van der Waals surface area contributed by atoms with Gasteiger partial charge in [-0.1, -0.05) is 48.9 Å². The summed E-state index contributed by atoms with van der Waals surface area (Å²) >= 11 is 0. The molecule has 0 radical (unpaired) electrons. The van der Waals surface area contributed by atoms with Crippen LogP contribution in [-0.2, 0) is 23.0 Å². The summed E-state index contributed by atoms with van der Waals surface area (Å²) in [4.78, 5) is 0. The molecule has 132 valence electrons. The van der Waals surface area contributed by atoms with Crippen LogP contribution in [-0.4, -0.2) is 19.8 Å². The molecule has 2 atom stereocenters. The maximum atomic E-state index is 12.4. The fourth-order valence-corrected chi connectivity index (χ4v) is 6.36. The number of hydrogen-bond donors (Lipinski definition) is 1. The molecule has 0 saturated carbocycles. The molecule has 0 aromatic heterocycles. The Labute approximate surface area is 151 Å². The summed E-state index contributed by atoms with van der Waals surface area (Å²) < 4.78 is 18.3. The third kappa shape index (κ3) is 3.51. The van der Waals surface area contributed by atoms with Crippen LogP contribution in [0.5, 0.6) is 5.75 Å². The van der Waals surface area contributed by atoms with Gasteiger partial charge in [0.1, 0.15) is 12.4 Å². The second-order valence-electron chi connectivity index (χ2n) is 7.25. The number of fused-ring (bicyclic) bond motifs is 2. The first kappa shape index (κ1) is 16.8. The zero-order valence-electron chi connectivity index (χ0n) is 14.3. The Hall–Kier alpha value is -1.65. The Morgan fingerprint density at radius 1 is 1.04 bits per heavy atom. The summed E-state index contributed by atoms with van der Waals surface area (Å²) in [6.07, 6.45) is 4.26. The molecule has 2 aromatic rings. The summed E-state index contributed by atoms with van der Waals surface area (Å²) in [6, 6.07) is 17.9. The molecule has 1 N–H and O–H groups in total. The molecule has 25 heavy (non-hydrogen) atoms. The smallest absolute Gasteiger partial charge is 0.120 e. The second kappa shape index (κ2) is 6.93. The Kier molecular flexibility index (Phi) is 4.65. The van der Waals surface area contributed by atoms with E-state index in [2.05, 4.69) is 0 Å². The fraction of sp³-hybridized carbons (Fsp3) is 0.429. The predicted molar refractivity (Wildman–Crippen MR) is 99.9 cm³/mol. The van der Waals surface area contributed by atoms with Crippen molar-refractivity contribution in [3.63, 3.8) is 0 Å². The van der Waals surface area contributed by atoms with E-state index < -0.39 is 16.4 Å². The van der Waals surface area contributed by atoms with Crippen molar-refractivity contribution in [1.29, 1.82) is 0 Å². The first-order valence-electron chi connectivity index (χ1n) is 9.03. The third-order valence-electron chi connectivity index (χ3n) is 5.46. The molecule has 2 aliphatic rings. The summed E-state index contributed by atoms with van der Waals surface area (Å²) in [5.41, 5.74) is 1.14. The lowest BCUT2D eigenvalue weighted by Gasteiger charge is -2.43. The van der Waals surface area contributed by atoms with Crippen molar-refractivity contribution < 1.29 is 14.1 Å². The number of rotatable bonds is 4. The molecule has 0 aliphatic carbocycles. The molecule has 0 amide bonds. The van der Waals surface area contributed by atoms with Gasteiger partial charge in [-0.25, -0.2) is 0 Å². The molecular weight excluding hydrogens is 332 g/mol. The highest BCUT2D eigenvalue weighted by molar-refractivity contribution is 7.86. The lowest BCUT2D eigenvalue weighted by atomic mass is 9.80. The van der Waals surface area contributed by atoms with E-state index in [4.69, 9.17) is 4.74 Å². The first-order valence-corrected chi connectivity index (χ1v) is 10.3. The molecule has 4 rings (SSSR count). The largest absolute Gasteiger partial charge is 0.489 e. The van der Waals surface area contributed by atoms with Crippen molar-refractivity contribution in [2.75, 3.05) is 0 Å². The number of hydrogen-bond acceptors (Lipinski definition) is 3. The Balaban J connectivity index is 1.52. The number of benzene rings is 2. The monoisotopic (exact) mass is 356 g/mol. The maximum Gasteiger partial charge on any atom is 0.120 e. The van der Waals surface area contributed by atoms with Crippen LogP contribution in [0.15, 0.2) is 54.6 Å². The minimum absolute atomic E-state index is 0.131. The molecule has 2 bridgehead atoms. The highest BCUT2D eigenvalue weighted by Gasteiger charge is 2.46. The normalized spacial score (nSPS) is 31.5. The summed E-state index contributed by atoms with van der Waals surface area (Å²) in [7, 11) is -0.781.